The van der Waals surface area contributed by atoms with Gasteiger partial charge in [0.15, 0.2) is 6.61 Å². The van der Waals surface area contributed by atoms with Crippen molar-refractivity contribution in [1.82, 2.24) is 0 Å². The van der Waals surface area contributed by atoms with Gasteiger partial charge in [-0.1, -0.05) is 0 Å². The van der Waals surface area contributed by atoms with Crippen LogP contribution in [-0.2, 0) is 20.5 Å². The van der Waals surface area contributed by atoms with Crippen LogP contribution in [0.25, 0.3) is 0 Å². The van der Waals surface area contributed by atoms with Gasteiger partial charge in [-0.25, -0.2) is 0 Å². The fraction of sp³-hybridized carbons (Fsp3) is 0.385. The Morgan fingerprint density at radius 3 is 2.30 bits per heavy atom. The summed E-state index contributed by atoms with van der Waals surface area (Å²) in [7, 11) is 0. The minimum absolute atomic E-state index is 0.103. The second-order valence-electron chi connectivity index (χ2n) is 4.51. The molecule has 1 saturated carbocycles. The molecule has 1 aromatic carbocycles. The summed E-state index contributed by atoms with van der Waals surface area (Å²) in [6, 6.07) is 4.02. The third-order valence-corrected chi connectivity index (χ3v) is 2.75. The average Bonchev–Trinajstić information content (AvgIpc) is 3.20. The zero-order valence-electron chi connectivity index (χ0n) is 10.4. The quantitative estimate of drug-likeness (QED) is 0.866. The number of esters is 1. The van der Waals surface area contributed by atoms with Crippen LogP contribution in [0.4, 0.5) is 18.9 Å². The molecule has 108 valence electrons. The number of benzene rings is 1. The fourth-order valence-corrected chi connectivity index (χ4v) is 1.51. The van der Waals surface area contributed by atoms with E-state index in [-0.39, 0.29) is 11.6 Å². The van der Waals surface area contributed by atoms with Crippen LogP contribution in [0.15, 0.2) is 24.3 Å². The number of ether oxygens (including phenoxy) is 1. The monoisotopic (exact) mass is 287 g/mol. The number of carbonyl (C=O) groups is 2. The molecule has 1 aromatic rings. The van der Waals surface area contributed by atoms with Crippen LogP contribution < -0.4 is 5.32 Å². The number of halogens is 3. The van der Waals surface area contributed by atoms with Gasteiger partial charge >= 0.3 is 12.1 Å². The van der Waals surface area contributed by atoms with Gasteiger partial charge in [-0.15, -0.1) is 0 Å². The van der Waals surface area contributed by atoms with E-state index in [4.69, 9.17) is 4.74 Å². The second kappa shape index (κ2) is 5.52. The fourth-order valence-electron chi connectivity index (χ4n) is 1.51. The summed E-state index contributed by atoms with van der Waals surface area (Å²) >= 11 is 0. The van der Waals surface area contributed by atoms with Crippen molar-refractivity contribution >= 4 is 17.6 Å². The number of amides is 1. The van der Waals surface area contributed by atoms with Gasteiger partial charge in [0.05, 0.1) is 11.5 Å². The van der Waals surface area contributed by atoms with E-state index in [0.29, 0.717) is 0 Å². The summed E-state index contributed by atoms with van der Waals surface area (Å²) < 4.78 is 41.7. The molecule has 2 rings (SSSR count). The zero-order chi connectivity index (χ0) is 14.8. The first-order valence-electron chi connectivity index (χ1n) is 6.00. The first kappa shape index (κ1) is 14.4. The maximum absolute atomic E-state index is 12.3. The first-order chi connectivity index (χ1) is 9.36. The Bertz CT molecular complexity index is 507. The van der Waals surface area contributed by atoms with Crippen LogP contribution in [0.1, 0.15) is 18.4 Å². The lowest BCUT2D eigenvalue weighted by atomic mass is 10.2. The van der Waals surface area contributed by atoms with E-state index in [1.165, 1.54) is 0 Å². The molecule has 0 spiro atoms. The van der Waals surface area contributed by atoms with Crippen molar-refractivity contribution in [2.45, 2.75) is 19.0 Å². The topological polar surface area (TPSA) is 55.4 Å². The summed E-state index contributed by atoms with van der Waals surface area (Å²) in [5.41, 5.74) is -0.582. The highest BCUT2D eigenvalue weighted by Crippen LogP contribution is 2.30. The third-order valence-electron chi connectivity index (χ3n) is 2.75. The van der Waals surface area contributed by atoms with Crippen LogP contribution in [0.2, 0.25) is 0 Å². The van der Waals surface area contributed by atoms with Gasteiger partial charge in [0.2, 0.25) is 0 Å². The summed E-state index contributed by atoms with van der Waals surface area (Å²) in [5, 5.41) is 2.35. The van der Waals surface area contributed by atoms with Crippen molar-refractivity contribution in [1.29, 1.82) is 0 Å². The van der Waals surface area contributed by atoms with Crippen molar-refractivity contribution in [2.75, 3.05) is 11.9 Å². The highest BCUT2D eigenvalue weighted by Gasteiger charge is 2.32. The van der Waals surface area contributed by atoms with Crippen molar-refractivity contribution < 1.29 is 27.5 Å². The van der Waals surface area contributed by atoms with Gasteiger partial charge in [-0.3, -0.25) is 9.59 Å². The molecular weight excluding hydrogens is 275 g/mol. The van der Waals surface area contributed by atoms with Crippen LogP contribution in [0, 0.1) is 5.92 Å². The maximum atomic E-state index is 12.3. The van der Waals surface area contributed by atoms with Gasteiger partial charge in [0, 0.05) is 5.69 Å². The van der Waals surface area contributed by atoms with Gasteiger partial charge in [-0.2, -0.15) is 13.2 Å². The normalized spacial score (nSPS) is 14.8. The lowest BCUT2D eigenvalue weighted by Crippen LogP contribution is -2.21. The average molecular weight is 287 g/mol. The Balaban J connectivity index is 1.83. The highest BCUT2D eigenvalue weighted by molar-refractivity contribution is 5.93. The molecule has 7 heteroatoms. The number of rotatable bonds is 4. The smallest absolute Gasteiger partial charge is 0.416 e. The molecule has 0 unspecified atom stereocenters. The van der Waals surface area contributed by atoms with Crippen LogP contribution in [-0.4, -0.2) is 18.5 Å². The SMILES string of the molecule is O=C(COC(=O)C1CC1)Nc1ccc(C(F)(F)F)cc1. The van der Waals surface area contributed by atoms with Crippen molar-refractivity contribution in [3.8, 4) is 0 Å². The maximum Gasteiger partial charge on any atom is 0.416 e. The Hall–Kier alpha value is -2.05. The highest BCUT2D eigenvalue weighted by atomic mass is 19.4. The molecule has 0 bridgehead atoms. The molecule has 4 nitrogen and oxygen atoms in total. The molecule has 0 saturated heterocycles. The van der Waals surface area contributed by atoms with E-state index in [2.05, 4.69) is 5.32 Å². The molecule has 1 aliphatic rings. The molecule has 1 aliphatic carbocycles. The van der Waals surface area contributed by atoms with Crippen molar-refractivity contribution in [3.05, 3.63) is 29.8 Å². The zero-order valence-corrected chi connectivity index (χ0v) is 10.4. The molecule has 0 aromatic heterocycles. The summed E-state index contributed by atoms with van der Waals surface area (Å²) in [4.78, 5) is 22.6. The van der Waals surface area contributed by atoms with Crippen LogP contribution in [0.3, 0.4) is 0 Å². The van der Waals surface area contributed by atoms with Gasteiger partial charge < -0.3 is 10.1 Å². The molecule has 20 heavy (non-hydrogen) atoms. The summed E-state index contributed by atoms with van der Waals surface area (Å²) in [5.74, 6) is -1.10. The predicted octanol–water partition coefficient (Wildman–Crippen LogP) is 2.60. The molecule has 1 N–H and O–H groups in total. The number of alkyl halides is 3. The van der Waals surface area contributed by atoms with Crippen molar-refractivity contribution in [2.24, 2.45) is 5.92 Å². The summed E-state index contributed by atoms with van der Waals surface area (Å²) in [6.07, 6.45) is -2.86. The molecule has 0 radical (unpaired) electrons. The Labute approximate surface area is 112 Å². The number of carbonyl (C=O) groups excluding carboxylic acids is 2. The Morgan fingerprint density at radius 1 is 1.20 bits per heavy atom. The molecular formula is C13H12F3NO3. The summed E-state index contributed by atoms with van der Waals surface area (Å²) in [6.45, 7) is -0.434. The standard InChI is InChI=1S/C13H12F3NO3/c14-13(15,16)9-3-5-10(6-4-9)17-11(18)7-20-12(19)8-1-2-8/h3-6,8H,1-2,7H2,(H,17,18). The molecule has 0 atom stereocenters. The number of hydrogen-bond donors (Lipinski definition) is 1. The first-order valence-corrected chi connectivity index (χ1v) is 6.00. The Morgan fingerprint density at radius 2 is 1.80 bits per heavy atom. The van der Waals surface area contributed by atoms with Gasteiger partial charge in [0.25, 0.3) is 5.91 Å². The largest absolute Gasteiger partial charge is 0.455 e. The second-order valence-corrected chi connectivity index (χ2v) is 4.51. The number of hydrogen-bond acceptors (Lipinski definition) is 3. The lowest BCUT2D eigenvalue weighted by molar-refractivity contribution is -0.148. The Kier molecular flexibility index (Phi) is 3.96. The predicted molar refractivity (Wildman–Crippen MR) is 63.8 cm³/mol. The third kappa shape index (κ3) is 3.97. The van der Waals surface area contributed by atoms with E-state index in [9.17, 15) is 22.8 Å². The number of nitrogens with one attached hydrogen (secondary N) is 1. The molecule has 1 fully saturated rings. The van der Waals surface area contributed by atoms with E-state index >= 15 is 0 Å². The molecule has 0 aliphatic heterocycles. The molecule has 1 amide bonds. The number of anilines is 1. The van der Waals surface area contributed by atoms with Crippen LogP contribution in [0.5, 0.6) is 0 Å². The minimum Gasteiger partial charge on any atom is -0.455 e. The van der Waals surface area contributed by atoms with E-state index in [0.717, 1.165) is 37.1 Å². The van der Waals surface area contributed by atoms with Crippen LogP contribution >= 0.6 is 0 Å². The van der Waals surface area contributed by atoms with E-state index < -0.39 is 30.2 Å². The van der Waals surface area contributed by atoms with Gasteiger partial charge in [-0.05, 0) is 37.1 Å². The lowest BCUT2D eigenvalue weighted by Gasteiger charge is -2.09. The van der Waals surface area contributed by atoms with Crippen molar-refractivity contribution in [3.63, 3.8) is 0 Å². The minimum atomic E-state index is -4.41. The molecule has 0 heterocycles. The van der Waals surface area contributed by atoms with E-state index in [1.807, 2.05) is 0 Å². The van der Waals surface area contributed by atoms with Gasteiger partial charge in [0.1, 0.15) is 0 Å². The van der Waals surface area contributed by atoms with E-state index in [1.54, 1.807) is 0 Å².